The first-order valence-electron chi connectivity index (χ1n) is 6.55. The van der Waals surface area contributed by atoms with E-state index in [1.54, 1.807) is 17.4 Å². The molecule has 0 fully saturated rings. The van der Waals surface area contributed by atoms with Gasteiger partial charge in [-0.3, -0.25) is 11.3 Å². The molecule has 5 heteroatoms. The Morgan fingerprint density at radius 3 is 2.81 bits per heavy atom. The van der Waals surface area contributed by atoms with Gasteiger partial charge in [0.05, 0.1) is 6.04 Å². The second-order valence-electron chi connectivity index (χ2n) is 4.88. The lowest BCUT2D eigenvalue weighted by molar-refractivity contribution is 0.561. The van der Waals surface area contributed by atoms with E-state index in [0.29, 0.717) is 0 Å². The first-order valence-corrected chi connectivity index (χ1v) is 8.16. The Balaban J connectivity index is 1.90. The van der Waals surface area contributed by atoms with E-state index in [1.165, 1.54) is 11.6 Å². The Morgan fingerprint density at radius 2 is 2.05 bits per heavy atom. The molecule has 0 radical (unpaired) electrons. The lowest BCUT2D eigenvalue weighted by Gasteiger charge is -2.14. The number of rotatable bonds is 4. The second-order valence-corrected chi connectivity index (χ2v) is 6.92. The molecule has 0 aliphatic carbocycles. The van der Waals surface area contributed by atoms with Gasteiger partial charge in [0, 0.05) is 14.0 Å². The number of fused-ring (bicyclic) bond motifs is 1. The van der Waals surface area contributed by atoms with Gasteiger partial charge in [0.15, 0.2) is 0 Å². The largest absolute Gasteiger partial charge is 0.271 e. The summed E-state index contributed by atoms with van der Waals surface area (Å²) in [5.41, 5.74) is 4.05. The Labute approximate surface area is 134 Å². The highest BCUT2D eigenvalue weighted by atomic mass is 79.9. The molecule has 0 saturated carbocycles. The molecule has 1 heterocycles. The van der Waals surface area contributed by atoms with E-state index in [0.717, 1.165) is 25.9 Å². The Kier molecular flexibility index (Phi) is 4.35. The third-order valence-corrected chi connectivity index (χ3v) is 5.09. The van der Waals surface area contributed by atoms with Crippen molar-refractivity contribution >= 4 is 37.4 Å². The number of halogens is 2. The maximum atomic E-state index is 13.3. The molecular formula is C16H14BrFN2S. The van der Waals surface area contributed by atoms with Crippen molar-refractivity contribution in [2.24, 2.45) is 5.84 Å². The number of nitrogens with one attached hydrogen (secondary N) is 1. The Morgan fingerprint density at radius 1 is 1.19 bits per heavy atom. The van der Waals surface area contributed by atoms with Gasteiger partial charge in [-0.05, 0) is 53.8 Å². The average Bonchev–Trinajstić information content (AvgIpc) is 2.87. The van der Waals surface area contributed by atoms with Gasteiger partial charge in [-0.2, -0.15) is 0 Å². The van der Waals surface area contributed by atoms with Gasteiger partial charge >= 0.3 is 0 Å². The van der Waals surface area contributed by atoms with Crippen molar-refractivity contribution in [2.45, 2.75) is 12.5 Å². The highest BCUT2D eigenvalue weighted by Crippen LogP contribution is 2.32. The zero-order valence-electron chi connectivity index (χ0n) is 11.1. The van der Waals surface area contributed by atoms with Crippen LogP contribution >= 0.6 is 27.3 Å². The molecule has 0 saturated heterocycles. The van der Waals surface area contributed by atoms with Gasteiger partial charge < -0.3 is 0 Å². The van der Waals surface area contributed by atoms with Crippen LogP contribution in [-0.4, -0.2) is 0 Å². The van der Waals surface area contributed by atoms with Crippen LogP contribution in [0.4, 0.5) is 4.39 Å². The lowest BCUT2D eigenvalue weighted by Crippen LogP contribution is -2.28. The van der Waals surface area contributed by atoms with Gasteiger partial charge in [0.2, 0.25) is 0 Å². The number of benzene rings is 2. The van der Waals surface area contributed by atoms with Crippen molar-refractivity contribution in [3.05, 3.63) is 69.3 Å². The second kappa shape index (κ2) is 6.23. The zero-order chi connectivity index (χ0) is 14.8. The predicted molar refractivity (Wildman–Crippen MR) is 89.7 cm³/mol. The van der Waals surface area contributed by atoms with Gasteiger partial charge in [-0.1, -0.05) is 28.1 Å². The molecule has 1 unspecified atom stereocenters. The van der Waals surface area contributed by atoms with Crippen LogP contribution in [0.2, 0.25) is 0 Å². The third-order valence-electron chi connectivity index (χ3n) is 3.37. The molecule has 3 aromatic rings. The fraction of sp³-hybridized carbons (Fsp3) is 0.125. The lowest BCUT2D eigenvalue weighted by atomic mass is 10.0. The summed E-state index contributed by atoms with van der Waals surface area (Å²) < 4.78 is 15.4. The topological polar surface area (TPSA) is 38.0 Å². The van der Waals surface area contributed by atoms with E-state index in [4.69, 9.17) is 5.84 Å². The summed E-state index contributed by atoms with van der Waals surface area (Å²) >= 11 is 5.12. The van der Waals surface area contributed by atoms with Crippen LogP contribution in [-0.2, 0) is 6.42 Å². The first kappa shape index (κ1) is 14.7. The van der Waals surface area contributed by atoms with Gasteiger partial charge in [-0.25, -0.2) is 4.39 Å². The van der Waals surface area contributed by atoms with E-state index >= 15 is 0 Å². The molecule has 1 aromatic heterocycles. The molecule has 2 nitrogen and oxygen atoms in total. The summed E-state index contributed by atoms with van der Waals surface area (Å²) in [5.74, 6) is 5.50. The smallest absolute Gasteiger partial charge is 0.123 e. The van der Waals surface area contributed by atoms with E-state index in [1.807, 2.05) is 24.3 Å². The minimum Gasteiger partial charge on any atom is -0.271 e. The van der Waals surface area contributed by atoms with Crippen LogP contribution in [0.5, 0.6) is 0 Å². The molecule has 3 rings (SSSR count). The summed E-state index contributed by atoms with van der Waals surface area (Å²) in [5, 5.41) is 0.921. The van der Waals surface area contributed by atoms with E-state index in [9.17, 15) is 4.39 Å². The van der Waals surface area contributed by atoms with Crippen LogP contribution in [0.3, 0.4) is 0 Å². The van der Waals surface area contributed by atoms with Gasteiger partial charge in [-0.15, -0.1) is 11.3 Å². The molecule has 0 aliphatic heterocycles. The molecule has 108 valence electrons. The molecule has 2 aromatic carbocycles. The predicted octanol–water partition coefficient (Wildman–Crippen LogP) is 4.55. The Hall–Kier alpha value is -1.27. The monoisotopic (exact) mass is 364 g/mol. The third kappa shape index (κ3) is 3.32. The van der Waals surface area contributed by atoms with Crippen LogP contribution in [0.15, 0.2) is 53.0 Å². The quantitative estimate of drug-likeness (QED) is 0.526. The molecule has 21 heavy (non-hydrogen) atoms. The number of hydrogen-bond acceptors (Lipinski definition) is 3. The number of nitrogens with two attached hydrogens (primary N) is 1. The average molecular weight is 365 g/mol. The maximum absolute atomic E-state index is 13.3. The van der Waals surface area contributed by atoms with Crippen LogP contribution in [0.25, 0.3) is 10.1 Å². The number of hydrazine groups is 1. The first-order chi connectivity index (χ1) is 10.2. The highest BCUT2D eigenvalue weighted by Gasteiger charge is 2.14. The summed E-state index contributed by atoms with van der Waals surface area (Å²) in [6.45, 7) is 0. The fourth-order valence-corrected chi connectivity index (χ4v) is 3.90. The van der Waals surface area contributed by atoms with Crippen LogP contribution < -0.4 is 11.3 Å². The van der Waals surface area contributed by atoms with Crippen molar-refractivity contribution < 1.29 is 4.39 Å². The summed E-state index contributed by atoms with van der Waals surface area (Å²) in [6, 6.07) is 15.0. The fourth-order valence-electron chi connectivity index (χ4n) is 2.35. The van der Waals surface area contributed by atoms with Crippen molar-refractivity contribution in [2.75, 3.05) is 0 Å². The van der Waals surface area contributed by atoms with Gasteiger partial charge in [0.1, 0.15) is 5.82 Å². The minimum atomic E-state index is -0.212. The number of hydrogen-bond donors (Lipinski definition) is 2. The standard InChI is InChI=1S/C16H14BrFN2S/c17-12-3-1-2-10(6-12)7-14(20-19)16-9-11-8-13(18)4-5-15(11)21-16/h1-6,8-9,14,20H,7,19H2. The molecule has 0 bridgehead atoms. The van der Waals surface area contributed by atoms with Crippen molar-refractivity contribution in [3.63, 3.8) is 0 Å². The summed E-state index contributed by atoms with van der Waals surface area (Å²) in [4.78, 5) is 1.11. The summed E-state index contributed by atoms with van der Waals surface area (Å²) in [7, 11) is 0. The summed E-state index contributed by atoms with van der Waals surface area (Å²) in [6.07, 6.45) is 0.783. The van der Waals surface area contributed by atoms with E-state index < -0.39 is 0 Å². The van der Waals surface area contributed by atoms with Crippen LogP contribution in [0.1, 0.15) is 16.5 Å². The van der Waals surface area contributed by atoms with Crippen LogP contribution in [0, 0.1) is 5.82 Å². The van der Waals surface area contributed by atoms with E-state index in [-0.39, 0.29) is 11.9 Å². The molecule has 1 atom stereocenters. The van der Waals surface area contributed by atoms with Crippen molar-refractivity contribution in [1.29, 1.82) is 0 Å². The number of thiophene rings is 1. The maximum Gasteiger partial charge on any atom is 0.123 e. The highest BCUT2D eigenvalue weighted by molar-refractivity contribution is 9.10. The molecule has 0 spiro atoms. The molecule has 0 amide bonds. The minimum absolute atomic E-state index is 0.0137. The SMILES string of the molecule is NNC(Cc1cccc(Br)c1)c1cc2cc(F)ccc2s1. The molecule has 0 aliphatic rings. The van der Waals surface area contributed by atoms with Crippen molar-refractivity contribution in [1.82, 2.24) is 5.43 Å². The van der Waals surface area contributed by atoms with E-state index in [2.05, 4.69) is 33.5 Å². The van der Waals surface area contributed by atoms with Gasteiger partial charge in [0.25, 0.3) is 0 Å². The Bertz CT molecular complexity index is 772. The van der Waals surface area contributed by atoms with Crippen molar-refractivity contribution in [3.8, 4) is 0 Å². The normalized spacial score (nSPS) is 12.7. The molecular weight excluding hydrogens is 351 g/mol. The zero-order valence-corrected chi connectivity index (χ0v) is 13.5. The molecule has 3 N–H and O–H groups in total.